The van der Waals surface area contributed by atoms with Crippen LogP contribution >= 0.6 is 0 Å². The number of nitrogens with zero attached hydrogens (tertiary/aromatic N) is 2. The Labute approximate surface area is 102 Å². The summed E-state index contributed by atoms with van der Waals surface area (Å²) < 4.78 is 3.66. The molecule has 2 heteroatoms. The molecule has 86 valence electrons. The number of rotatable bonds is 2. The number of benzene rings is 1. The summed E-state index contributed by atoms with van der Waals surface area (Å²) in [5, 5.41) is 0. The van der Waals surface area contributed by atoms with Crippen LogP contribution in [0.1, 0.15) is 11.3 Å². The topological polar surface area (TPSA) is 6.89 Å². The highest BCUT2D eigenvalue weighted by atomic mass is 15.0. The molecule has 2 aromatic rings. The van der Waals surface area contributed by atoms with Gasteiger partial charge in [0.1, 0.15) is 11.4 Å². The van der Waals surface area contributed by atoms with Gasteiger partial charge in [0.15, 0.2) is 0 Å². The molecule has 2 nitrogen and oxygen atoms in total. The molecular formula is C15H16N2. The van der Waals surface area contributed by atoms with Crippen molar-refractivity contribution in [2.75, 3.05) is 0 Å². The Hall–Kier alpha value is -2.22. The van der Waals surface area contributed by atoms with Crippen molar-refractivity contribution in [2.24, 2.45) is 0 Å². The van der Waals surface area contributed by atoms with Crippen LogP contribution in [0.25, 0.3) is 0 Å². The Bertz CT molecular complexity index is 539. The average Bonchev–Trinajstić information content (AvgIpc) is 2.33. The van der Waals surface area contributed by atoms with E-state index in [-0.39, 0.29) is 0 Å². The molecule has 0 aliphatic heterocycles. The van der Waals surface area contributed by atoms with Crippen molar-refractivity contribution in [1.29, 1.82) is 0 Å². The summed E-state index contributed by atoms with van der Waals surface area (Å²) in [6, 6.07) is 14.2. The minimum atomic E-state index is 1.00. The van der Waals surface area contributed by atoms with Crippen molar-refractivity contribution >= 4 is 11.9 Å². The lowest BCUT2D eigenvalue weighted by atomic mass is 10.2. The van der Waals surface area contributed by atoms with Gasteiger partial charge in [-0.15, -0.1) is 0 Å². The van der Waals surface area contributed by atoms with Gasteiger partial charge in [-0.3, -0.25) is 0 Å². The summed E-state index contributed by atoms with van der Waals surface area (Å²) in [6.07, 6.45) is 3.87. The molecule has 0 saturated heterocycles. The third-order valence-electron chi connectivity index (χ3n) is 2.63. The Morgan fingerprint density at radius 2 is 1.82 bits per heavy atom. The average molecular weight is 224 g/mol. The lowest BCUT2D eigenvalue weighted by Gasteiger charge is -2.07. The molecule has 0 aliphatic rings. The minimum absolute atomic E-state index is 1.00. The molecule has 0 radical (unpaired) electrons. The maximum Gasteiger partial charge on any atom is 0.112 e. The van der Waals surface area contributed by atoms with Crippen LogP contribution in [0, 0.1) is 21.0 Å². The van der Waals surface area contributed by atoms with E-state index in [1.807, 2.05) is 39.8 Å². The summed E-state index contributed by atoms with van der Waals surface area (Å²) in [5.74, 6) is 0. The van der Waals surface area contributed by atoms with Crippen LogP contribution in [0.15, 0.2) is 48.7 Å². The molecule has 0 fully saturated rings. The molecule has 0 N–H and O–H groups in total. The van der Waals surface area contributed by atoms with E-state index in [0.29, 0.717) is 0 Å². The molecule has 0 unspecified atom stereocenters. The van der Waals surface area contributed by atoms with Gasteiger partial charge in [0.2, 0.25) is 0 Å². The third-order valence-corrected chi connectivity index (χ3v) is 2.63. The lowest BCUT2D eigenvalue weighted by molar-refractivity contribution is -0.615. The Balaban J connectivity index is 2.34. The van der Waals surface area contributed by atoms with E-state index in [4.69, 9.17) is 0 Å². The molecule has 0 amide bonds. The van der Waals surface area contributed by atoms with E-state index < -0.39 is 0 Å². The second-order valence-corrected chi connectivity index (χ2v) is 4.03. The molecule has 0 atom stereocenters. The molecule has 1 heterocycles. The molecule has 0 aliphatic carbocycles. The Morgan fingerprint density at radius 1 is 1.12 bits per heavy atom. The smallest absolute Gasteiger partial charge is 0.112 e. The first kappa shape index (κ1) is 11.3. The normalized spacial score (nSPS) is 11.5. The van der Waals surface area contributed by atoms with Crippen LogP contribution in [0.5, 0.6) is 0 Å². The first-order chi connectivity index (χ1) is 8.16. The zero-order valence-corrected chi connectivity index (χ0v) is 10.0. The maximum atomic E-state index is 4.01. The lowest BCUT2D eigenvalue weighted by Crippen LogP contribution is -2.31. The highest BCUT2D eigenvalue weighted by Gasteiger charge is 1.97. The van der Waals surface area contributed by atoms with E-state index in [0.717, 1.165) is 11.4 Å². The van der Waals surface area contributed by atoms with Crippen molar-refractivity contribution in [3.05, 3.63) is 74.0 Å². The minimum Gasteiger partial charge on any atom is -0.339 e. The van der Waals surface area contributed by atoms with Gasteiger partial charge in [0.05, 0.1) is 12.4 Å². The highest BCUT2D eigenvalue weighted by molar-refractivity contribution is 5.71. The van der Waals surface area contributed by atoms with Crippen LogP contribution < -0.4 is 4.57 Å². The van der Waals surface area contributed by atoms with Gasteiger partial charge in [-0.2, -0.15) is 0 Å². The fourth-order valence-electron chi connectivity index (χ4n) is 1.58. The van der Waals surface area contributed by atoms with Gasteiger partial charge in [-0.05, 0) is 19.1 Å². The van der Waals surface area contributed by atoms with Crippen LogP contribution in [0.2, 0.25) is 0 Å². The Morgan fingerprint density at radius 3 is 2.47 bits per heavy atom. The first-order valence-corrected chi connectivity index (χ1v) is 5.49. The van der Waals surface area contributed by atoms with Gasteiger partial charge in [0.25, 0.3) is 0 Å². The zero-order valence-electron chi connectivity index (χ0n) is 10.0. The second kappa shape index (κ2) is 4.74. The fourth-order valence-corrected chi connectivity index (χ4v) is 1.58. The number of hydrogen-bond acceptors (Lipinski definition) is 0. The predicted octanol–water partition coefficient (Wildman–Crippen LogP) is 2.48. The van der Waals surface area contributed by atoms with E-state index >= 15 is 0 Å². The molecule has 17 heavy (non-hydrogen) atoms. The van der Waals surface area contributed by atoms with Crippen LogP contribution in [-0.4, -0.2) is 10.8 Å². The van der Waals surface area contributed by atoms with Crippen molar-refractivity contribution in [2.45, 2.75) is 6.92 Å². The molecule has 0 spiro atoms. The molecule has 0 saturated carbocycles. The zero-order chi connectivity index (χ0) is 12.3. The van der Waals surface area contributed by atoms with E-state index in [2.05, 4.69) is 45.3 Å². The Kier molecular flexibility index (Phi) is 3.15. The van der Waals surface area contributed by atoms with Gasteiger partial charge >= 0.3 is 0 Å². The van der Waals surface area contributed by atoms with Crippen molar-refractivity contribution < 1.29 is 9.14 Å². The van der Waals surface area contributed by atoms with E-state index in [1.165, 1.54) is 5.56 Å². The van der Waals surface area contributed by atoms with Crippen molar-refractivity contribution in [3.8, 4) is 0 Å². The number of pyridine rings is 1. The van der Waals surface area contributed by atoms with Crippen LogP contribution in [-0.2, 0) is 0 Å². The van der Waals surface area contributed by atoms with E-state index in [9.17, 15) is 0 Å². The predicted molar refractivity (Wildman–Crippen MR) is 69.0 cm³/mol. The van der Waals surface area contributed by atoms with Gasteiger partial charge in [0, 0.05) is 14.1 Å². The maximum absolute atomic E-state index is 4.01. The van der Waals surface area contributed by atoms with Crippen molar-refractivity contribution in [1.82, 2.24) is 0 Å². The molecule has 1 aromatic heterocycles. The first-order valence-electron chi connectivity index (χ1n) is 5.49. The third kappa shape index (κ3) is 2.67. The SMILES string of the molecule is [CH2-][N+](=Cc1cccc[n+]1[CH2-])c1ccc(C)cc1. The summed E-state index contributed by atoms with van der Waals surface area (Å²) in [7, 11) is 7.92. The van der Waals surface area contributed by atoms with Gasteiger partial charge < -0.3 is 9.14 Å². The molecule has 2 rings (SSSR count). The largest absolute Gasteiger partial charge is 0.339 e. The second-order valence-electron chi connectivity index (χ2n) is 4.03. The summed E-state index contributed by atoms with van der Waals surface area (Å²) in [4.78, 5) is 0. The summed E-state index contributed by atoms with van der Waals surface area (Å²) in [5.41, 5.74) is 3.30. The fraction of sp³-hybridized carbons (Fsp3) is 0.0667. The summed E-state index contributed by atoms with van der Waals surface area (Å²) in [6.45, 7) is 2.07. The molecular weight excluding hydrogens is 208 g/mol. The van der Waals surface area contributed by atoms with Gasteiger partial charge in [-0.1, -0.05) is 35.9 Å². The number of aryl methyl sites for hydroxylation is 1. The number of hydrogen-bond donors (Lipinski definition) is 0. The van der Waals surface area contributed by atoms with Crippen molar-refractivity contribution in [3.63, 3.8) is 0 Å². The molecule has 1 aromatic carbocycles. The van der Waals surface area contributed by atoms with Crippen LogP contribution in [0.4, 0.5) is 5.69 Å². The van der Waals surface area contributed by atoms with Gasteiger partial charge in [-0.25, -0.2) is 0 Å². The monoisotopic (exact) mass is 224 g/mol. The standard InChI is InChI=1S/C15H16N2/c1-13-7-9-14(10-8-13)17(3)12-15-6-4-5-11-16(15)2/h4-12H,2-3H2,1H3. The highest BCUT2D eigenvalue weighted by Crippen LogP contribution is 2.11. The quantitative estimate of drug-likeness (QED) is 0.420. The molecule has 0 bridgehead atoms. The van der Waals surface area contributed by atoms with Crippen LogP contribution in [0.3, 0.4) is 0 Å². The summed E-state index contributed by atoms with van der Waals surface area (Å²) >= 11 is 0. The van der Waals surface area contributed by atoms with E-state index in [1.54, 1.807) is 0 Å². The number of aromatic nitrogens is 1.